The van der Waals surface area contributed by atoms with E-state index in [2.05, 4.69) is 0 Å². The van der Waals surface area contributed by atoms with Crippen LogP contribution in [-0.4, -0.2) is 48.9 Å². The minimum absolute atomic E-state index is 0.295. The summed E-state index contributed by atoms with van der Waals surface area (Å²) in [7, 11) is -4.06. The summed E-state index contributed by atoms with van der Waals surface area (Å²) in [5, 5.41) is 0. The number of rotatable bonds is 4. The fraction of sp³-hybridized carbons (Fsp3) is 0.857. The van der Waals surface area contributed by atoms with Gasteiger partial charge in [0.25, 0.3) is 0 Å². The zero-order valence-corrected chi connectivity index (χ0v) is 8.34. The maximum absolute atomic E-state index is 10.3. The molecule has 0 amide bonds. The molecule has 0 aliphatic carbocycles. The van der Waals surface area contributed by atoms with E-state index in [1.165, 1.54) is 0 Å². The maximum atomic E-state index is 10.3. The summed E-state index contributed by atoms with van der Waals surface area (Å²) in [6.45, 7) is 3.84. The molecular weight excluding hydrogens is 194 g/mol. The zero-order chi connectivity index (χ0) is 9.90. The SMILES string of the molecule is CC1=[N+](CCCS(=O)(=O)[O-])CCO1. The Morgan fingerprint density at radius 3 is 2.77 bits per heavy atom. The summed E-state index contributed by atoms with van der Waals surface area (Å²) in [5.41, 5.74) is 0. The molecule has 1 rings (SSSR count). The highest BCUT2D eigenvalue weighted by molar-refractivity contribution is 7.85. The lowest BCUT2D eigenvalue weighted by molar-refractivity contribution is -0.518. The predicted octanol–water partition coefficient (Wildman–Crippen LogP) is -0.617. The van der Waals surface area contributed by atoms with Crippen molar-refractivity contribution in [2.24, 2.45) is 0 Å². The molecule has 5 nitrogen and oxygen atoms in total. The highest BCUT2D eigenvalue weighted by Crippen LogP contribution is 1.97. The first-order chi connectivity index (χ1) is 5.99. The molecule has 0 atom stereocenters. The van der Waals surface area contributed by atoms with Gasteiger partial charge in [-0.25, -0.2) is 8.42 Å². The Morgan fingerprint density at radius 2 is 2.31 bits per heavy atom. The second kappa shape index (κ2) is 4.06. The lowest BCUT2D eigenvalue weighted by atomic mass is 10.4. The monoisotopic (exact) mass is 207 g/mol. The molecule has 0 spiro atoms. The summed E-state index contributed by atoms with van der Waals surface area (Å²) in [6, 6.07) is 0. The fourth-order valence-electron chi connectivity index (χ4n) is 1.25. The molecule has 1 aliphatic rings. The van der Waals surface area contributed by atoms with E-state index in [1.807, 2.05) is 11.5 Å². The first-order valence-electron chi connectivity index (χ1n) is 4.14. The first kappa shape index (κ1) is 10.5. The third kappa shape index (κ3) is 3.73. The number of ether oxygens (including phenoxy) is 1. The van der Waals surface area contributed by atoms with Crippen molar-refractivity contribution in [1.29, 1.82) is 0 Å². The van der Waals surface area contributed by atoms with Crippen LogP contribution in [0.2, 0.25) is 0 Å². The second-order valence-electron chi connectivity index (χ2n) is 2.97. The third-order valence-electron chi connectivity index (χ3n) is 1.94. The molecule has 0 bridgehead atoms. The molecule has 0 aromatic rings. The number of nitrogens with zero attached hydrogens (tertiary/aromatic N) is 1. The van der Waals surface area contributed by atoms with Gasteiger partial charge >= 0.3 is 5.90 Å². The van der Waals surface area contributed by atoms with E-state index >= 15 is 0 Å². The van der Waals surface area contributed by atoms with Crippen molar-refractivity contribution in [3.63, 3.8) is 0 Å². The van der Waals surface area contributed by atoms with Gasteiger partial charge in [-0.2, -0.15) is 4.58 Å². The Hall–Kier alpha value is -0.620. The number of hydrogen-bond donors (Lipinski definition) is 0. The Morgan fingerprint density at radius 1 is 1.62 bits per heavy atom. The molecule has 1 aliphatic heterocycles. The fourth-order valence-corrected chi connectivity index (χ4v) is 1.74. The summed E-state index contributed by atoms with van der Waals surface area (Å²) in [4.78, 5) is 0. The zero-order valence-electron chi connectivity index (χ0n) is 7.52. The van der Waals surface area contributed by atoms with Crippen LogP contribution in [0.4, 0.5) is 0 Å². The Balaban J connectivity index is 2.31. The largest absolute Gasteiger partial charge is 0.748 e. The van der Waals surface area contributed by atoms with Gasteiger partial charge in [-0.15, -0.1) is 0 Å². The average molecular weight is 207 g/mol. The average Bonchev–Trinajstić information content (AvgIpc) is 2.34. The minimum atomic E-state index is -4.06. The minimum Gasteiger partial charge on any atom is -0.748 e. The third-order valence-corrected chi connectivity index (χ3v) is 2.73. The van der Waals surface area contributed by atoms with Crippen molar-refractivity contribution in [2.45, 2.75) is 13.3 Å². The van der Waals surface area contributed by atoms with Gasteiger partial charge in [0.1, 0.15) is 6.54 Å². The van der Waals surface area contributed by atoms with Crippen molar-refractivity contribution in [3.8, 4) is 0 Å². The molecule has 0 fully saturated rings. The predicted molar refractivity (Wildman–Crippen MR) is 45.8 cm³/mol. The van der Waals surface area contributed by atoms with Crippen LogP contribution >= 0.6 is 0 Å². The second-order valence-corrected chi connectivity index (χ2v) is 4.49. The van der Waals surface area contributed by atoms with Crippen LogP contribution in [0.3, 0.4) is 0 Å². The quantitative estimate of drug-likeness (QED) is 0.455. The van der Waals surface area contributed by atoms with E-state index < -0.39 is 10.1 Å². The summed E-state index contributed by atoms with van der Waals surface area (Å²) >= 11 is 0. The molecule has 13 heavy (non-hydrogen) atoms. The van der Waals surface area contributed by atoms with Gasteiger partial charge in [0.2, 0.25) is 0 Å². The van der Waals surface area contributed by atoms with Gasteiger partial charge in [-0.1, -0.05) is 0 Å². The summed E-state index contributed by atoms with van der Waals surface area (Å²) in [6.07, 6.45) is 0.368. The molecule has 0 aromatic heterocycles. The van der Waals surface area contributed by atoms with Gasteiger partial charge in [0.15, 0.2) is 13.2 Å². The van der Waals surface area contributed by atoms with Crippen LogP contribution in [0.15, 0.2) is 0 Å². The van der Waals surface area contributed by atoms with Gasteiger partial charge < -0.3 is 9.29 Å². The molecule has 76 valence electrons. The van der Waals surface area contributed by atoms with E-state index in [9.17, 15) is 13.0 Å². The molecular formula is C7H13NO4S. The van der Waals surface area contributed by atoms with E-state index in [1.54, 1.807) is 0 Å². The van der Waals surface area contributed by atoms with Crippen molar-refractivity contribution < 1.29 is 22.3 Å². The molecule has 0 aromatic carbocycles. The summed E-state index contributed by atoms with van der Waals surface area (Å²) in [5.74, 6) is 0.514. The lowest BCUT2D eigenvalue weighted by Gasteiger charge is -2.04. The topological polar surface area (TPSA) is 69.4 Å². The van der Waals surface area contributed by atoms with E-state index in [-0.39, 0.29) is 5.75 Å². The van der Waals surface area contributed by atoms with Gasteiger partial charge in [-0.3, -0.25) is 0 Å². The van der Waals surface area contributed by atoms with Crippen LogP contribution < -0.4 is 0 Å². The molecule has 6 heteroatoms. The van der Waals surface area contributed by atoms with Crippen LogP contribution in [0.1, 0.15) is 13.3 Å². The van der Waals surface area contributed by atoms with Crippen molar-refractivity contribution in [2.75, 3.05) is 25.4 Å². The van der Waals surface area contributed by atoms with E-state index in [0.29, 0.717) is 19.6 Å². The van der Waals surface area contributed by atoms with Crippen molar-refractivity contribution >= 4 is 16.0 Å². The van der Waals surface area contributed by atoms with Gasteiger partial charge in [0.05, 0.1) is 17.0 Å². The molecule has 0 unspecified atom stereocenters. The smallest absolute Gasteiger partial charge is 0.333 e. The molecule has 0 saturated heterocycles. The molecule has 0 N–H and O–H groups in total. The normalized spacial score (nSPS) is 17.7. The van der Waals surface area contributed by atoms with Crippen LogP contribution in [0.25, 0.3) is 0 Å². The van der Waals surface area contributed by atoms with Crippen LogP contribution in [-0.2, 0) is 14.9 Å². The Bertz CT molecular complexity index is 306. The Labute approximate surface area is 77.8 Å². The van der Waals surface area contributed by atoms with Crippen molar-refractivity contribution in [3.05, 3.63) is 0 Å². The van der Waals surface area contributed by atoms with Gasteiger partial charge in [0, 0.05) is 12.2 Å². The first-order valence-corrected chi connectivity index (χ1v) is 5.71. The maximum Gasteiger partial charge on any atom is 0.333 e. The highest BCUT2D eigenvalue weighted by Gasteiger charge is 2.18. The molecule has 0 saturated carbocycles. The molecule has 1 heterocycles. The van der Waals surface area contributed by atoms with Crippen LogP contribution in [0.5, 0.6) is 0 Å². The van der Waals surface area contributed by atoms with E-state index in [4.69, 9.17) is 4.74 Å². The van der Waals surface area contributed by atoms with Gasteiger partial charge in [-0.05, 0) is 0 Å². The Kier molecular flexibility index (Phi) is 3.27. The van der Waals surface area contributed by atoms with Crippen LogP contribution in [0, 0.1) is 0 Å². The lowest BCUT2D eigenvalue weighted by Crippen LogP contribution is -2.18. The summed E-state index contributed by atoms with van der Waals surface area (Å²) < 4.78 is 37.9. The standard InChI is InChI=1S/C7H13NO4S/c1-7-8(4-5-12-7)3-2-6-13(9,10)11/h2-6H2,1H3. The molecule has 0 radical (unpaired) electrons. The number of hydrogen-bond acceptors (Lipinski definition) is 4. The van der Waals surface area contributed by atoms with E-state index in [0.717, 1.165) is 12.4 Å². The highest BCUT2D eigenvalue weighted by atomic mass is 32.2. The van der Waals surface area contributed by atoms with Crippen molar-refractivity contribution in [1.82, 2.24) is 0 Å².